The van der Waals surface area contributed by atoms with Crippen LogP contribution in [0.25, 0.3) is 0 Å². The molecular weight excluding hydrogens is 258 g/mol. The van der Waals surface area contributed by atoms with Crippen LogP contribution < -0.4 is 10.6 Å². The molecule has 0 aliphatic heterocycles. The van der Waals surface area contributed by atoms with Crippen molar-refractivity contribution in [2.24, 2.45) is 0 Å². The number of amides is 2. The molecule has 1 heterocycles. The maximum absolute atomic E-state index is 11.3. The first kappa shape index (κ1) is 14.4. The number of carbonyl (C=O) groups is 2. The number of urea groups is 1. The lowest BCUT2D eigenvalue weighted by Gasteiger charge is -2.18. The number of thiazole rings is 1. The average molecular weight is 273 g/mol. The maximum Gasteiger partial charge on any atom is 0.337 e. The van der Waals surface area contributed by atoms with Gasteiger partial charge in [-0.2, -0.15) is 0 Å². The molecule has 100 valence electrons. The van der Waals surface area contributed by atoms with Crippen LogP contribution in [0.5, 0.6) is 0 Å². The monoisotopic (exact) mass is 273 g/mol. The Morgan fingerprint density at radius 3 is 2.78 bits per heavy atom. The van der Waals surface area contributed by atoms with E-state index in [0.717, 1.165) is 11.9 Å². The Bertz CT molecular complexity index is 405. The van der Waals surface area contributed by atoms with E-state index in [9.17, 15) is 14.7 Å². The van der Waals surface area contributed by atoms with Crippen molar-refractivity contribution in [2.45, 2.75) is 18.9 Å². The summed E-state index contributed by atoms with van der Waals surface area (Å²) in [4.78, 5) is 25.9. The molecule has 0 fully saturated rings. The summed E-state index contributed by atoms with van der Waals surface area (Å²) < 4.78 is 0. The van der Waals surface area contributed by atoms with E-state index in [1.165, 1.54) is 11.3 Å². The summed E-state index contributed by atoms with van der Waals surface area (Å²) in [6, 6.07) is -0.520. The highest BCUT2D eigenvalue weighted by Gasteiger charge is 2.30. The van der Waals surface area contributed by atoms with Gasteiger partial charge in [-0.05, 0) is 6.92 Å². The van der Waals surface area contributed by atoms with Crippen molar-refractivity contribution in [3.63, 3.8) is 0 Å². The molecule has 0 bridgehead atoms. The summed E-state index contributed by atoms with van der Waals surface area (Å²) in [5, 5.41) is 25.6. The molecule has 0 aromatic carbocycles. The van der Waals surface area contributed by atoms with Crippen LogP contribution >= 0.6 is 11.3 Å². The number of hydrogen-bond acceptors (Lipinski definition) is 5. The molecule has 1 atom stereocenters. The number of rotatable bonds is 6. The van der Waals surface area contributed by atoms with Gasteiger partial charge < -0.3 is 20.8 Å². The van der Waals surface area contributed by atoms with E-state index in [-0.39, 0.29) is 6.54 Å². The smallest absolute Gasteiger partial charge is 0.337 e. The average Bonchev–Trinajstić information content (AvgIpc) is 2.79. The molecule has 0 saturated heterocycles. The maximum atomic E-state index is 11.3. The van der Waals surface area contributed by atoms with E-state index >= 15 is 0 Å². The first-order chi connectivity index (χ1) is 8.42. The van der Waals surface area contributed by atoms with Crippen LogP contribution in [0, 0.1) is 0 Å². The number of carboxylic acid groups (broad SMARTS) is 1. The van der Waals surface area contributed by atoms with Crippen molar-refractivity contribution in [1.29, 1.82) is 0 Å². The first-order valence-corrected chi connectivity index (χ1v) is 6.15. The fourth-order valence-corrected chi connectivity index (χ4v) is 1.67. The van der Waals surface area contributed by atoms with Gasteiger partial charge in [0.15, 0.2) is 5.60 Å². The number of hydrogen-bond donors (Lipinski definition) is 4. The SMILES string of the molecule is CC(O)(CNC(=O)NCCc1nccs1)C(=O)O. The zero-order valence-electron chi connectivity index (χ0n) is 9.84. The van der Waals surface area contributed by atoms with E-state index in [0.29, 0.717) is 13.0 Å². The van der Waals surface area contributed by atoms with Crippen molar-refractivity contribution in [2.75, 3.05) is 13.1 Å². The topological polar surface area (TPSA) is 112 Å². The lowest BCUT2D eigenvalue weighted by atomic mass is 10.1. The van der Waals surface area contributed by atoms with Crippen LogP contribution in [0.3, 0.4) is 0 Å². The van der Waals surface area contributed by atoms with Crippen LogP contribution in [-0.2, 0) is 11.2 Å². The molecular formula is C10H15N3O4S. The molecule has 7 nitrogen and oxygen atoms in total. The van der Waals surface area contributed by atoms with Gasteiger partial charge in [0, 0.05) is 24.5 Å². The summed E-state index contributed by atoms with van der Waals surface area (Å²) in [6.07, 6.45) is 2.30. The van der Waals surface area contributed by atoms with E-state index in [2.05, 4.69) is 15.6 Å². The van der Waals surface area contributed by atoms with Gasteiger partial charge in [-0.25, -0.2) is 14.6 Å². The van der Waals surface area contributed by atoms with Gasteiger partial charge in [0.2, 0.25) is 0 Å². The van der Waals surface area contributed by atoms with Crippen molar-refractivity contribution < 1.29 is 19.8 Å². The zero-order chi connectivity index (χ0) is 13.6. The van der Waals surface area contributed by atoms with E-state index in [1.54, 1.807) is 6.20 Å². The highest BCUT2D eigenvalue weighted by molar-refractivity contribution is 7.09. The van der Waals surface area contributed by atoms with Gasteiger partial charge in [-0.15, -0.1) is 11.3 Å². The largest absolute Gasteiger partial charge is 0.479 e. The number of carboxylic acids is 1. The molecule has 2 amide bonds. The van der Waals surface area contributed by atoms with E-state index < -0.39 is 17.6 Å². The number of aliphatic carboxylic acids is 1. The predicted molar refractivity (Wildman–Crippen MR) is 65.5 cm³/mol. The molecule has 0 aliphatic rings. The second-order valence-electron chi connectivity index (χ2n) is 3.86. The number of carbonyl (C=O) groups excluding carboxylic acids is 1. The van der Waals surface area contributed by atoms with Crippen LogP contribution in [0.15, 0.2) is 11.6 Å². The molecule has 1 aromatic rings. The summed E-state index contributed by atoms with van der Waals surface area (Å²) >= 11 is 1.50. The normalized spacial score (nSPS) is 13.7. The summed E-state index contributed by atoms with van der Waals surface area (Å²) in [7, 11) is 0. The Hall–Kier alpha value is -1.67. The lowest BCUT2D eigenvalue weighted by Crippen LogP contribution is -2.49. The van der Waals surface area contributed by atoms with Crippen molar-refractivity contribution in [3.05, 3.63) is 16.6 Å². The number of nitrogens with zero attached hydrogens (tertiary/aromatic N) is 1. The Kier molecular flexibility index (Phi) is 5.05. The van der Waals surface area contributed by atoms with Crippen LogP contribution in [0.4, 0.5) is 4.79 Å². The van der Waals surface area contributed by atoms with Gasteiger partial charge in [0.1, 0.15) is 0 Å². The summed E-state index contributed by atoms with van der Waals surface area (Å²) in [5.41, 5.74) is -1.97. The zero-order valence-corrected chi connectivity index (χ0v) is 10.7. The Balaban J connectivity index is 2.20. The first-order valence-electron chi connectivity index (χ1n) is 5.27. The molecule has 1 unspecified atom stereocenters. The number of aromatic nitrogens is 1. The molecule has 0 spiro atoms. The standard InChI is InChI=1S/C10H15N3O4S/c1-10(17,8(14)15)6-13-9(16)12-3-2-7-11-4-5-18-7/h4-5,17H,2-3,6H2,1H3,(H,14,15)(H2,12,13,16). The molecule has 1 aromatic heterocycles. The summed E-state index contributed by atoms with van der Waals surface area (Å²) in [5.74, 6) is -1.38. The van der Waals surface area contributed by atoms with Crippen LogP contribution in [-0.4, -0.2) is 45.9 Å². The Morgan fingerprint density at radius 1 is 1.50 bits per heavy atom. The minimum atomic E-state index is -1.97. The molecule has 4 N–H and O–H groups in total. The Morgan fingerprint density at radius 2 is 2.22 bits per heavy atom. The molecule has 0 aliphatic carbocycles. The van der Waals surface area contributed by atoms with Gasteiger partial charge in [0.05, 0.1) is 11.6 Å². The number of nitrogens with one attached hydrogen (secondary N) is 2. The Labute approximate surface area is 108 Å². The molecule has 0 saturated carbocycles. The third kappa shape index (κ3) is 4.68. The predicted octanol–water partition coefficient (Wildman–Crippen LogP) is -0.180. The van der Waals surface area contributed by atoms with Crippen molar-refractivity contribution in [3.8, 4) is 0 Å². The highest BCUT2D eigenvalue weighted by Crippen LogP contribution is 2.03. The molecule has 0 radical (unpaired) electrons. The van der Waals surface area contributed by atoms with E-state index in [4.69, 9.17) is 5.11 Å². The van der Waals surface area contributed by atoms with Crippen LogP contribution in [0.1, 0.15) is 11.9 Å². The fourth-order valence-electron chi connectivity index (χ4n) is 1.05. The molecule has 8 heteroatoms. The highest BCUT2D eigenvalue weighted by atomic mass is 32.1. The summed E-state index contributed by atoms with van der Waals surface area (Å²) in [6.45, 7) is 1.16. The lowest BCUT2D eigenvalue weighted by molar-refractivity contribution is -0.155. The number of aliphatic hydroxyl groups is 1. The minimum Gasteiger partial charge on any atom is -0.479 e. The molecule has 1 rings (SSSR count). The fraction of sp³-hybridized carbons (Fsp3) is 0.500. The third-order valence-corrected chi connectivity index (χ3v) is 3.00. The molecule has 18 heavy (non-hydrogen) atoms. The van der Waals surface area contributed by atoms with Crippen molar-refractivity contribution in [1.82, 2.24) is 15.6 Å². The third-order valence-electron chi connectivity index (χ3n) is 2.16. The van der Waals surface area contributed by atoms with Crippen molar-refractivity contribution >= 4 is 23.3 Å². The van der Waals surface area contributed by atoms with Gasteiger partial charge in [-0.1, -0.05) is 0 Å². The second-order valence-corrected chi connectivity index (χ2v) is 4.84. The van der Waals surface area contributed by atoms with Gasteiger partial charge >= 0.3 is 12.0 Å². The second kappa shape index (κ2) is 6.31. The quantitative estimate of drug-likeness (QED) is 0.574. The van der Waals surface area contributed by atoms with Gasteiger partial charge in [0.25, 0.3) is 0 Å². The van der Waals surface area contributed by atoms with Gasteiger partial charge in [-0.3, -0.25) is 0 Å². The van der Waals surface area contributed by atoms with E-state index in [1.807, 2.05) is 5.38 Å². The van der Waals surface area contributed by atoms with Crippen LogP contribution in [0.2, 0.25) is 0 Å². The minimum absolute atomic E-state index is 0.356.